The lowest BCUT2D eigenvalue weighted by atomic mass is 10.1. The molecule has 0 atom stereocenters. The molecule has 3 rings (SSSR count). The summed E-state index contributed by atoms with van der Waals surface area (Å²) >= 11 is 0. The Morgan fingerprint density at radius 1 is 0.844 bits per heavy atom. The Hall–Kier alpha value is -3.94. The monoisotopic (exact) mass is 438 g/mol. The molecule has 0 amide bonds. The highest BCUT2D eigenvalue weighted by Gasteiger charge is 2.17. The van der Waals surface area contributed by atoms with E-state index >= 15 is 0 Å². The molecule has 0 aliphatic heterocycles. The first kappa shape index (κ1) is 22.7. The molecule has 168 valence electrons. The van der Waals surface area contributed by atoms with E-state index in [4.69, 9.17) is 23.4 Å². The molecule has 0 radical (unpaired) electrons. The molecule has 0 aliphatic carbocycles. The van der Waals surface area contributed by atoms with Gasteiger partial charge < -0.3 is 28.7 Å². The minimum Gasteiger partial charge on any atom is -0.497 e. The number of methoxy groups -OCH3 is 4. The zero-order valence-electron chi connectivity index (χ0n) is 18.9. The fourth-order valence-electron chi connectivity index (χ4n) is 3.23. The minimum absolute atomic E-state index is 0.283. The Labute approximate surface area is 186 Å². The van der Waals surface area contributed by atoms with Crippen molar-refractivity contribution in [1.82, 2.24) is 0 Å². The summed E-state index contributed by atoms with van der Waals surface area (Å²) < 4.78 is 26.8. The van der Waals surface area contributed by atoms with Crippen LogP contribution in [-0.2, 0) is 0 Å². The lowest BCUT2D eigenvalue weighted by Crippen LogP contribution is -2.16. The van der Waals surface area contributed by atoms with Crippen LogP contribution in [0.15, 0.2) is 56.7 Å². The summed E-state index contributed by atoms with van der Waals surface area (Å²) in [5.41, 5.74) is 1.88. The second-order valence-electron chi connectivity index (χ2n) is 6.86. The second kappa shape index (κ2) is 9.91. The van der Waals surface area contributed by atoms with Crippen molar-refractivity contribution in [2.75, 3.05) is 33.8 Å². The fraction of sp³-hybridized carbons (Fsp3) is 0.250. The van der Waals surface area contributed by atoms with Crippen LogP contribution in [0, 0.1) is 6.92 Å². The largest absolute Gasteiger partial charge is 0.497 e. The molecule has 2 aromatic carbocycles. The van der Waals surface area contributed by atoms with Gasteiger partial charge in [0, 0.05) is 18.2 Å². The minimum atomic E-state index is -0.516. The van der Waals surface area contributed by atoms with Crippen LogP contribution in [-0.4, -0.2) is 34.2 Å². The maximum atomic E-state index is 12.8. The lowest BCUT2D eigenvalue weighted by Gasteiger charge is -2.15. The molecule has 1 aromatic heterocycles. The number of hydrogen-bond acceptors (Lipinski definition) is 8. The number of aliphatic imine (C=N–C) groups is 1. The second-order valence-corrected chi connectivity index (χ2v) is 6.86. The number of ether oxygens (including phenoxy) is 4. The number of nitrogens with zero attached hydrogens (tertiary/aromatic N) is 1. The Bertz CT molecular complexity index is 1200. The molecular weight excluding hydrogens is 412 g/mol. The van der Waals surface area contributed by atoms with Crippen molar-refractivity contribution in [2.24, 2.45) is 4.99 Å². The molecule has 3 aromatic rings. The van der Waals surface area contributed by atoms with E-state index in [1.54, 1.807) is 84.8 Å². The molecule has 8 nitrogen and oxygen atoms in total. The molecule has 0 saturated carbocycles. The first-order valence-corrected chi connectivity index (χ1v) is 9.81. The highest BCUT2D eigenvalue weighted by molar-refractivity contribution is 6.05. The number of nitrogens with one attached hydrogen (secondary N) is 1. The van der Waals surface area contributed by atoms with E-state index in [0.29, 0.717) is 51.5 Å². The van der Waals surface area contributed by atoms with Gasteiger partial charge in [-0.25, -0.2) is 9.79 Å². The molecule has 1 N–H and O–H groups in total. The van der Waals surface area contributed by atoms with Gasteiger partial charge in [-0.1, -0.05) is 0 Å². The van der Waals surface area contributed by atoms with Crippen LogP contribution in [0.1, 0.15) is 18.2 Å². The summed E-state index contributed by atoms with van der Waals surface area (Å²) in [6.07, 6.45) is 0. The number of hydrogen-bond donors (Lipinski definition) is 1. The van der Waals surface area contributed by atoms with Gasteiger partial charge in [0.1, 0.15) is 40.0 Å². The van der Waals surface area contributed by atoms with Crippen LogP contribution in [0.4, 0.5) is 17.1 Å². The van der Waals surface area contributed by atoms with Crippen LogP contribution in [0.3, 0.4) is 0 Å². The van der Waals surface area contributed by atoms with Crippen molar-refractivity contribution in [2.45, 2.75) is 13.8 Å². The van der Waals surface area contributed by atoms with Crippen molar-refractivity contribution in [1.29, 1.82) is 0 Å². The van der Waals surface area contributed by atoms with Crippen molar-refractivity contribution < 1.29 is 23.4 Å². The number of benzene rings is 2. The maximum Gasteiger partial charge on any atom is 0.347 e. The molecule has 0 saturated heterocycles. The summed E-state index contributed by atoms with van der Waals surface area (Å²) in [6, 6.07) is 12.3. The molecule has 0 unspecified atom stereocenters. The predicted octanol–water partition coefficient (Wildman–Crippen LogP) is 4.87. The van der Waals surface area contributed by atoms with Crippen LogP contribution in [0.5, 0.6) is 23.0 Å². The van der Waals surface area contributed by atoms with E-state index in [2.05, 4.69) is 10.3 Å². The van der Waals surface area contributed by atoms with E-state index in [0.717, 1.165) is 0 Å². The van der Waals surface area contributed by atoms with Gasteiger partial charge in [0.05, 0.1) is 45.5 Å². The Balaban J connectivity index is 2.13. The SMILES string of the molecule is COc1ccc(OC)c(N=C(C)c2c(Nc3cc(OC)ccc3OC)cc(C)oc2=O)c1. The third kappa shape index (κ3) is 4.85. The van der Waals surface area contributed by atoms with Crippen molar-refractivity contribution in [3.8, 4) is 23.0 Å². The van der Waals surface area contributed by atoms with Gasteiger partial charge in [0.15, 0.2) is 0 Å². The van der Waals surface area contributed by atoms with E-state index in [-0.39, 0.29) is 5.56 Å². The standard InChI is InChI=1S/C24H26N2O6/c1-14-11-20(26-19-13-17(29-4)8-10-22(19)31-6)23(24(27)32-14)15(2)25-18-12-16(28-3)7-9-21(18)30-5/h7-13,26H,1-6H3. The van der Waals surface area contributed by atoms with Gasteiger partial charge in [0.2, 0.25) is 0 Å². The van der Waals surface area contributed by atoms with Crippen LogP contribution < -0.4 is 29.9 Å². The summed E-state index contributed by atoms with van der Waals surface area (Å²) in [4.78, 5) is 17.5. The third-order valence-corrected chi connectivity index (χ3v) is 4.79. The third-order valence-electron chi connectivity index (χ3n) is 4.79. The highest BCUT2D eigenvalue weighted by Crippen LogP contribution is 2.34. The number of rotatable bonds is 8. The zero-order chi connectivity index (χ0) is 23.3. The zero-order valence-corrected chi connectivity index (χ0v) is 18.9. The van der Waals surface area contributed by atoms with Gasteiger partial charge >= 0.3 is 5.63 Å². The molecule has 8 heteroatoms. The summed E-state index contributed by atoms with van der Waals surface area (Å²) in [5, 5.41) is 3.26. The Kier molecular flexibility index (Phi) is 7.04. The molecule has 1 heterocycles. The quantitative estimate of drug-likeness (QED) is 0.502. The Morgan fingerprint density at radius 2 is 1.47 bits per heavy atom. The predicted molar refractivity (Wildman–Crippen MR) is 124 cm³/mol. The topological polar surface area (TPSA) is 91.5 Å². The van der Waals surface area contributed by atoms with Crippen molar-refractivity contribution in [3.63, 3.8) is 0 Å². The summed E-state index contributed by atoms with van der Waals surface area (Å²) in [6.45, 7) is 3.44. The summed E-state index contributed by atoms with van der Waals surface area (Å²) in [5.74, 6) is 2.85. The average Bonchev–Trinajstić information content (AvgIpc) is 2.78. The highest BCUT2D eigenvalue weighted by atomic mass is 16.5. The molecule has 0 aliphatic rings. The molecule has 0 fully saturated rings. The molecule has 0 spiro atoms. The van der Waals surface area contributed by atoms with Gasteiger partial charge in [0.25, 0.3) is 0 Å². The van der Waals surface area contributed by atoms with Crippen molar-refractivity contribution in [3.05, 3.63) is 64.2 Å². The average molecular weight is 438 g/mol. The number of aryl methyl sites for hydroxylation is 1. The van der Waals surface area contributed by atoms with Gasteiger partial charge in [-0.3, -0.25) is 0 Å². The number of anilines is 2. The van der Waals surface area contributed by atoms with E-state index in [9.17, 15) is 4.79 Å². The van der Waals surface area contributed by atoms with Crippen LogP contribution in [0.25, 0.3) is 0 Å². The Morgan fingerprint density at radius 3 is 2.09 bits per heavy atom. The molecule has 32 heavy (non-hydrogen) atoms. The normalized spacial score (nSPS) is 11.1. The van der Waals surface area contributed by atoms with Gasteiger partial charge in [-0.15, -0.1) is 0 Å². The first-order valence-electron chi connectivity index (χ1n) is 9.81. The fourth-order valence-corrected chi connectivity index (χ4v) is 3.23. The smallest absolute Gasteiger partial charge is 0.347 e. The van der Waals surface area contributed by atoms with Gasteiger partial charge in [-0.2, -0.15) is 0 Å². The van der Waals surface area contributed by atoms with Crippen molar-refractivity contribution >= 4 is 22.8 Å². The van der Waals surface area contributed by atoms with Crippen LogP contribution in [0.2, 0.25) is 0 Å². The molecular formula is C24H26N2O6. The van der Waals surface area contributed by atoms with E-state index in [1.165, 1.54) is 0 Å². The maximum absolute atomic E-state index is 12.8. The van der Waals surface area contributed by atoms with E-state index in [1.807, 2.05) is 0 Å². The molecule has 0 bridgehead atoms. The van der Waals surface area contributed by atoms with E-state index < -0.39 is 5.63 Å². The first-order chi connectivity index (χ1) is 15.4. The lowest BCUT2D eigenvalue weighted by molar-refractivity contribution is 0.404. The van der Waals surface area contributed by atoms with Gasteiger partial charge in [-0.05, 0) is 38.1 Å². The summed E-state index contributed by atoms with van der Waals surface area (Å²) in [7, 11) is 6.27. The van der Waals surface area contributed by atoms with Crippen LogP contribution >= 0.6 is 0 Å².